The maximum Gasteiger partial charge on any atom is 0.146 e. The van der Waals surface area contributed by atoms with E-state index in [4.69, 9.17) is 9.72 Å². The molecule has 6 heteroatoms. The summed E-state index contributed by atoms with van der Waals surface area (Å²) in [6.07, 6.45) is 9.59. The van der Waals surface area contributed by atoms with Gasteiger partial charge < -0.3 is 4.74 Å². The molecule has 0 aliphatic carbocycles. The monoisotopic (exact) mass is 659 g/mol. The van der Waals surface area contributed by atoms with Crippen molar-refractivity contribution in [2.24, 2.45) is 0 Å². The molecule has 5 aromatic heterocycles. The van der Waals surface area contributed by atoms with Crippen LogP contribution in [-0.4, -0.2) is 23.8 Å². The molecule has 0 atom stereocenters. The highest BCUT2D eigenvalue weighted by Crippen LogP contribution is 2.45. The van der Waals surface area contributed by atoms with E-state index in [2.05, 4.69) is 133 Å². The largest absolute Gasteiger partial charge is 0.457 e. The molecule has 0 amide bonds. The fourth-order valence-corrected chi connectivity index (χ4v) is 8.27. The minimum Gasteiger partial charge on any atom is -0.457 e. The van der Waals surface area contributed by atoms with Crippen LogP contribution < -0.4 is 4.74 Å². The van der Waals surface area contributed by atoms with E-state index in [9.17, 15) is 0 Å². The third kappa shape index (κ3) is 4.33. The van der Waals surface area contributed by atoms with Gasteiger partial charge in [0, 0.05) is 58.1 Å². The number of hydrogen-bond acceptors (Lipinski definition) is 4. The zero-order valence-electron chi connectivity index (χ0n) is 28.8. The molecule has 0 saturated heterocycles. The standard InChI is InChI=1S/C45H33N5O/c1-26-8-5-9-27(2)39(26)36-18-17-34-32-15-13-30(24-37(32)44-47-20-22-49(44)42(34)41(36)40-28(3)10-6-11-29(40)4)51-31-14-16-33-35-12-7-19-46-43(35)50-23-21-48-45(50)38(33)25-31/h5-25H,1-4H3. The first-order valence-corrected chi connectivity index (χ1v) is 17.3. The van der Waals surface area contributed by atoms with Crippen molar-refractivity contribution in [2.75, 3.05) is 0 Å². The summed E-state index contributed by atoms with van der Waals surface area (Å²) < 4.78 is 10.9. The Kier molecular flexibility index (Phi) is 6.33. The lowest BCUT2D eigenvalue weighted by atomic mass is 9.84. The zero-order valence-corrected chi connectivity index (χ0v) is 28.8. The Morgan fingerprint density at radius 1 is 0.431 bits per heavy atom. The van der Waals surface area contributed by atoms with Gasteiger partial charge in [0.15, 0.2) is 0 Å². The second-order valence-electron chi connectivity index (χ2n) is 13.6. The zero-order chi connectivity index (χ0) is 34.4. The van der Waals surface area contributed by atoms with Crippen LogP contribution in [0.5, 0.6) is 11.5 Å². The topological polar surface area (TPSA) is 56.7 Å². The Bertz CT molecular complexity index is 3020. The number of benzene rings is 5. The van der Waals surface area contributed by atoms with E-state index in [1.54, 1.807) is 0 Å². The first-order valence-electron chi connectivity index (χ1n) is 17.3. The lowest BCUT2D eigenvalue weighted by Gasteiger charge is -2.22. The average molecular weight is 660 g/mol. The number of imidazole rings is 2. The number of aryl methyl sites for hydroxylation is 4. The Morgan fingerprint density at radius 3 is 1.63 bits per heavy atom. The quantitative estimate of drug-likeness (QED) is 0.176. The molecule has 0 N–H and O–H groups in total. The van der Waals surface area contributed by atoms with Gasteiger partial charge in [-0.1, -0.05) is 48.5 Å². The van der Waals surface area contributed by atoms with Crippen LogP contribution in [0, 0.1) is 27.7 Å². The van der Waals surface area contributed by atoms with Crippen LogP contribution in [0.2, 0.25) is 0 Å². The normalized spacial score (nSPS) is 11.9. The van der Waals surface area contributed by atoms with Gasteiger partial charge in [-0.05, 0) is 126 Å². The molecule has 0 fully saturated rings. The highest BCUT2D eigenvalue weighted by molar-refractivity contribution is 6.18. The van der Waals surface area contributed by atoms with E-state index >= 15 is 0 Å². The summed E-state index contributed by atoms with van der Waals surface area (Å²) in [5.41, 5.74) is 13.8. The summed E-state index contributed by atoms with van der Waals surface area (Å²) in [6.45, 7) is 8.86. The number of aromatic nitrogens is 5. The summed E-state index contributed by atoms with van der Waals surface area (Å²) >= 11 is 0. The van der Waals surface area contributed by atoms with Crippen molar-refractivity contribution in [1.29, 1.82) is 0 Å². The molecule has 51 heavy (non-hydrogen) atoms. The van der Waals surface area contributed by atoms with Crippen LogP contribution in [0.15, 0.2) is 128 Å². The van der Waals surface area contributed by atoms with Gasteiger partial charge in [-0.2, -0.15) is 0 Å². The molecule has 0 saturated carbocycles. The molecule has 0 aliphatic heterocycles. The maximum atomic E-state index is 6.61. The molecule has 10 rings (SSSR count). The number of pyridine rings is 3. The predicted octanol–water partition coefficient (Wildman–Crippen LogP) is 11.3. The van der Waals surface area contributed by atoms with Crippen LogP contribution in [0.4, 0.5) is 0 Å². The van der Waals surface area contributed by atoms with E-state index < -0.39 is 0 Å². The molecule has 0 radical (unpaired) electrons. The first-order chi connectivity index (χ1) is 25.0. The number of ether oxygens (including phenoxy) is 1. The van der Waals surface area contributed by atoms with Gasteiger partial charge in [0.1, 0.15) is 28.4 Å². The minimum absolute atomic E-state index is 0.741. The SMILES string of the molecule is Cc1cccc(C)c1-c1ccc2c3ccc(Oc4ccc5c6cccnc6n6ccnc6c5c4)cc3c3nccn3c2c1-c1c(C)cccc1C. The highest BCUT2D eigenvalue weighted by atomic mass is 16.5. The van der Waals surface area contributed by atoms with Crippen LogP contribution in [0.1, 0.15) is 22.3 Å². The summed E-state index contributed by atoms with van der Waals surface area (Å²) in [5.74, 6) is 1.49. The third-order valence-electron chi connectivity index (χ3n) is 10.5. The number of fused-ring (bicyclic) bond motifs is 12. The molecule has 244 valence electrons. The fraction of sp³-hybridized carbons (Fsp3) is 0.0889. The third-order valence-corrected chi connectivity index (χ3v) is 10.5. The Hall–Kier alpha value is -6.53. The molecular weight excluding hydrogens is 627 g/mol. The molecular formula is C45H33N5O. The van der Waals surface area contributed by atoms with Crippen molar-refractivity contribution in [2.45, 2.75) is 27.7 Å². The van der Waals surface area contributed by atoms with E-state index in [1.165, 1.54) is 49.9 Å². The number of rotatable bonds is 4. The summed E-state index contributed by atoms with van der Waals surface area (Å²) in [6, 6.07) is 34.4. The summed E-state index contributed by atoms with van der Waals surface area (Å²) in [7, 11) is 0. The van der Waals surface area contributed by atoms with E-state index in [1.807, 2.05) is 41.3 Å². The van der Waals surface area contributed by atoms with E-state index in [0.717, 1.165) is 60.9 Å². The predicted molar refractivity (Wildman–Crippen MR) is 208 cm³/mol. The second kappa shape index (κ2) is 11.0. The second-order valence-corrected chi connectivity index (χ2v) is 13.6. The Balaban J connectivity index is 1.19. The van der Waals surface area contributed by atoms with Gasteiger partial charge in [-0.15, -0.1) is 0 Å². The van der Waals surface area contributed by atoms with E-state index in [-0.39, 0.29) is 0 Å². The van der Waals surface area contributed by atoms with Crippen LogP contribution in [0.25, 0.3) is 77.0 Å². The smallest absolute Gasteiger partial charge is 0.146 e. The molecule has 5 heterocycles. The van der Waals surface area contributed by atoms with Crippen molar-refractivity contribution in [1.82, 2.24) is 23.8 Å². The lowest BCUT2D eigenvalue weighted by Crippen LogP contribution is -2.00. The number of nitrogens with zero attached hydrogens (tertiary/aromatic N) is 5. The van der Waals surface area contributed by atoms with Crippen molar-refractivity contribution >= 4 is 54.8 Å². The van der Waals surface area contributed by atoms with Crippen molar-refractivity contribution in [3.05, 3.63) is 150 Å². The van der Waals surface area contributed by atoms with Gasteiger partial charge in [-0.3, -0.25) is 8.80 Å². The molecule has 0 bridgehead atoms. The van der Waals surface area contributed by atoms with Gasteiger partial charge >= 0.3 is 0 Å². The van der Waals surface area contributed by atoms with E-state index in [0.29, 0.717) is 0 Å². The fourth-order valence-electron chi connectivity index (χ4n) is 8.27. The van der Waals surface area contributed by atoms with Gasteiger partial charge in [0.25, 0.3) is 0 Å². The van der Waals surface area contributed by atoms with Crippen molar-refractivity contribution in [3.8, 4) is 33.8 Å². The van der Waals surface area contributed by atoms with Gasteiger partial charge in [0.2, 0.25) is 0 Å². The van der Waals surface area contributed by atoms with Crippen LogP contribution in [0.3, 0.4) is 0 Å². The Morgan fingerprint density at radius 2 is 0.961 bits per heavy atom. The van der Waals surface area contributed by atoms with Gasteiger partial charge in [-0.25, -0.2) is 15.0 Å². The van der Waals surface area contributed by atoms with Crippen molar-refractivity contribution in [3.63, 3.8) is 0 Å². The maximum absolute atomic E-state index is 6.61. The van der Waals surface area contributed by atoms with Crippen LogP contribution in [-0.2, 0) is 0 Å². The summed E-state index contributed by atoms with van der Waals surface area (Å²) in [4.78, 5) is 14.3. The summed E-state index contributed by atoms with van der Waals surface area (Å²) in [5, 5.41) is 6.51. The highest BCUT2D eigenvalue weighted by Gasteiger charge is 2.22. The lowest BCUT2D eigenvalue weighted by molar-refractivity contribution is 0.484. The van der Waals surface area contributed by atoms with Crippen LogP contribution >= 0.6 is 0 Å². The molecule has 6 nitrogen and oxygen atoms in total. The van der Waals surface area contributed by atoms with Gasteiger partial charge in [0.05, 0.1) is 5.52 Å². The average Bonchev–Trinajstić information content (AvgIpc) is 3.84. The molecule has 0 unspecified atom stereocenters. The molecule has 5 aromatic carbocycles. The van der Waals surface area contributed by atoms with Crippen molar-refractivity contribution < 1.29 is 4.74 Å². The Labute approximate surface area is 294 Å². The first kappa shape index (κ1) is 29.4. The molecule has 10 aromatic rings. The minimum atomic E-state index is 0.741. The number of hydrogen-bond donors (Lipinski definition) is 0. The molecule has 0 aliphatic rings. The molecule has 0 spiro atoms.